The van der Waals surface area contributed by atoms with Crippen LogP contribution >= 0.6 is 11.3 Å². The summed E-state index contributed by atoms with van der Waals surface area (Å²) in [5.74, 6) is -0.308. The Morgan fingerprint density at radius 3 is 2.67 bits per heavy atom. The van der Waals surface area contributed by atoms with Crippen LogP contribution in [-0.4, -0.2) is 41.8 Å². The molecule has 0 aliphatic heterocycles. The smallest absolute Gasteiger partial charge is 0.256 e. The highest BCUT2D eigenvalue weighted by molar-refractivity contribution is 7.15. The maximum absolute atomic E-state index is 12.6. The van der Waals surface area contributed by atoms with Crippen LogP contribution in [0, 0.1) is 6.92 Å². The Kier molecular flexibility index (Phi) is 4.80. The van der Waals surface area contributed by atoms with Crippen molar-refractivity contribution < 1.29 is 9.59 Å². The Balaban J connectivity index is 2.27. The van der Waals surface area contributed by atoms with Gasteiger partial charge in [0.15, 0.2) is 0 Å². The van der Waals surface area contributed by atoms with Crippen LogP contribution in [0.2, 0.25) is 0 Å². The number of hydrogen-bond acceptors (Lipinski definition) is 3. The second-order valence-electron chi connectivity index (χ2n) is 4.69. The van der Waals surface area contributed by atoms with Crippen LogP contribution in [-0.2, 0) is 4.79 Å². The summed E-state index contributed by atoms with van der Waals surface area (Å²) in [6.07, 6.45) is 3.52. The number of H-pyrrole nitrogens is 1. The summed E-state index contributed by atoms with van der Waals surface area (Å²) in [5.41, 5.74) is 1.48. The first-order chi connectivity index (χ1) is 10.1. The molecule has 112 valence electrons. The van der Waals surface area contributed by atoms with Crippen LogP contribution in [0.4, 0.5) is 0 Å². The lowest BCUT2D eigenvalue weighted by atomic mass is 10.1. The Labute approximate surface area is 128 Å². The second-order valence-corrected chi connectivity index (χ2v) is 5.97. The summed E-state index contributed by atoms with van der Waals surface area (Å²) < 4.78 is 0. The molecule has 5 nitrogen and oxygen atoms in total. The van der Waals surface area contributed by atoms with Gasteiger partial charge < -0.3 is 15.2 Å². The number of aromatic amines is 1. The monoisotopic (exact) mass is 305 g/mol. The number of thiophene rings is 1. The first-order valence-corrected chi connectivity index (χ1v) is 7.62. The van der Waals surface area contributed by atoms with Crippen LogP contribution < -0.4 is 5.32 Å². The third-order valence-electron chi connectivity index (χ3n) is 3.26. The van der Waals surface area contributed by atoms with E-state index in [4.69, 9.17) is 0 Å². The minimum atomic E-state index is -0.172. The lowest BCUT2D eigenvalue weighted by molar-refractivity contribution is -0.121. The molecule has 0 aliphatic carbocycles. The van der Waals surface area contributed by atoms with Gasteiger partial charge in [-0.1, -0.05) is 0 Å². The molecule has 2 N–H and O–H groups in total. The molecule has 0 aromatic carbocycles. The van der Waals surface area contributed by atoms with Gasteiger partial charge in [0, 0.05) is 41.3 Å². The predicted octanol–water partition coefficient (Wildman–Crippen LogP) is 2.26. The molecule has 2 rings (SSSR count). The zero-order valence-electron chi connectivity index (χ0n) is 12.4. The van der Waals surface area contributed by atoms with Crippen LogP contribution in [0.5, 0.6) is 0 Å². The molecule has 0 unspecified atom stereocenters. The first-order valence-electron chi connectivity index (χ1n) is 6.80. The average Bonchev–Trinajstić information content (AvgIpc) is 3.11. The molecule has 0 spiro atoms. The molecule has 2 aromatic rings. The van der Waals surface area contributed by atoms with Gasteiger partial charge >= 0.3 is 0 Å². The van der Waals surface area contributed by atoms with Gasteiger partial charge in [0.05, 0.1) is 12.1 Å². The van der Waals surface area contributed by atoms with Gasteiger partial charge in [0.2, 0.25) is 5.91 Å². The Hall–Kier alpha value is -2.08. The fourth-order valence-electron chi connectivity index (χ4n) is 2.07. The minimum Gasteiger partial charge on any atom is -0.366 e. The summed E-state index contributed by atoms with van der Waals surface area (Å²) in [4.78, 5) is 30.9. The number of aromatic nitrogens is 1. The van der Waals surface area contributed by atoms with Crippen LogP contribution in [0.3, 0.4) is 0 Å². The molecule has 0 radical (unpaired) electrons. The topological polar surface area (TPSA) is 65.2 Å². The van der Waals surface area contributed by atoms with E-state index in [9.17, 15) is 9.59 Å². The number of aryl methyl sites for hydroxylation is 1. The molecule has 0 saturated carbocycles. The molecule has 21 heavy (non-hydrogen) atoms. The Morgan fingerprint density at radius 2 is 2.10 bits per heavy atom. The maximum Gasteiger partial charge on any atom is 0.256 e. The van der Waals surface area contributed by atoms with E-state index in [-0.39, 0.29) is 18.4 Å². The summed E-state index contributed by atoms with van der Waals surface area (Å²) in [6.45, 7) is 4.45. The maximum atomic E-state index is 12.6. The van der Waals surface area contributed by atoms with E-state index in [0.717, 1.165) is 10.4 Å². The largest absolute Gasteiger partial charge is 0.366 e. The SMILES string of the molecule is CCN(CC(=O)NC)C(=O)c1c[nH]cc1-c1ccc(C)s1. The van der Waals surface area contributed by atoms with Crippen molar-refractivity contribution in [2.24, 2.45) is 0 Å². The van der Waals surface area contributed by atoms with Crippen molar-refractivity contribution in [3.63, 3.8) is 0 Å². The molecule has 0 fully saturated rings. The highest BCUT2D eigenvalue weighted by Crippen LogP contribution is 2.30. The summed E-state index contributed by atoms with van der Waals surface area (Å²) >= 11 is 1.64. The van der Waals surface area contributed by atoms with Gasteiger partial charge in [-0.3, -0.25) is 9.59 Å². The molecule has 0 atom stereocenters. The highest BCUT2D eigenvalue weighted by atomic mass is 32.1. The van der Waals surface area contributed by atoms with Gasteiger partial charge in [-0.25, -0.2) is 0 Å². The number of carbonyl (C=O) groups is 2. The number of nitrogens with zero attached hydrogens (tertiary/aromatic N) is 1. The van der Waals surface area contributed by atoms with Crippen molar-refractivity contribution in [2.45, 2.75) is 13.8 Å². The minimum absolute atomic E-state index is 0.0694. The van der Waals surface area contributed by atoms with E-state index in [2.05, 4.69) is 10.3 Å². The summed E-state index contributed by atoms with van der Waals surface area (Å²) in [6, 6.07) is 4.04. The van der Waals surface area contributed by atoms with E-state index >= 15 is 0 Å². The lowest BCUT2D eigenvalue weighted by Crippen LogP contribution is -2.39. The molecule has 0 bridgehead atoms. The highest BCUT2D eigenvalue weighted by Gasteiger charge is 2.21. The van der Waals surface area contributed by atoms with E-state index < -0.39 is 0 Å². The van der Waals surface area contributed by atoms with E-state index in [1.807, 2.05) is 32.2 Å². The summed E-state index contributed by atoms with van der Waals surface area (Å²) in [7, 11) is 1.57. The van der Waals surface area contributed by atoms with Crippen molar-refractivity contribution in [3.8, 4) is 10.4 Å². The molecular weight excluding hydrogens is 286 g/mol. The predicted molar refractivity (Wildman–Crippen MR) is 84.5 cm³/mol. The number of amides is 2. The van der Waals surface area contributed by atoms with Crippen LogP contribution in [0.1, 0.15) is 22.2 Å². The van der Waals surface area contributed by atoms with Gasteiger partial charge in [0.1, 0.15) is 0 Å². The Bertz CT molecular complexity index is 645. The number of rotatable bonds is 5. The number of carbonyl (C=O) groups excluding carboxylic acids is 2. The quantitative estimate of drug-likeness (QED) is 0.890. The van der Waals surface area contributed by atoms with Gasteiger partial charge in [0.25, 0.3) is 5.91 Å². The first kappa shape index (κ1) is 15.3. The zero-order chi connectivity index (χ0) is 15.4. The molecule has 2 heterocycles. The molecular formula is C15H19N3O2S. The van der Waals surface area contributed by atoms with E-state index in [1.165, 1.54) is 9.78 Å². The fourth-order valence-corrected chi connectivity index (χ4v) is 2.97. The summed E-state index contributed by atoms with van der Waals surface area (Å²) in [5, 5.41) is 2.54. The fraction of sp³-hybridized carbons (Fsp3) is 0.333. The van der Waals surface area contributed by atoms with Crippen LogP contribution in [0.25, 0.3) is 10.4 Å². The average molecular weight is 305 g/mol. The molecule has 0 saturated heterocycles. The second kappa shape index (κ2) is 6.58. The van der Waals surface area contributed by atoms with E-state index in [1.54, 1.807) is 24.6 Å². The van der Waals surface area contributed by atoms with E-state index in [0.29, 0.717) is 12.1 Å². The van der Waals surface area contributed by atoms with Crippen molar-refractivity contribution in [3.05, 3.63) is 35.0 Å². The Morgan fingerprint density at radius 1 is 1.33 bits per heavy atom. The third-order valence-corrected chi connectivity index (χ3v) is 4.30. The number of nitrogens with one attached hydrogen (secondary N) is 2. The lowest BCUT2D eigenvalue weighted by Gasteiger charge is -2.19. The number of hydrogen-bond donors (Lipinski definition) is 2. The number of likely N-dealkylation sites (N-methyl/N-ethyl adjacent to an activating group) is 2. The van der Waals surface area contributed by atoms with Gasteiger partial charge in [-0.2, -0.15) is 0 Å². The van der Waals surface area contributed by atoms with Crippen molar-refractivity contribution >= 4 is 23.2 Å². The normalized spacial score (nSPS) is 10.4. The zero-order valence-corrected chi connectivity index (χ0v) is 13.2. The third kappa shape index (κ3) is 3.33. The molecule has 2 aromatic heterocycles. The standard InChI is InChI=1S/C15H19N3O2S/c1-4-18(9-14(19)16-3)15(20)12-8-17-7-11(12)13-6-5-10(2)21-13/h5-8,17H,4,9H2,1-3H3,(H,16,19). The van der Waals surface area contributed by atoms with Crippen molar-refractivity contribution in [1.29, 1.82) is 0 Å². The molecule has 2 amide bonds. The van der Waals surface area contributed by atoms with Crippen molar-refractivity contribution in [2.75, 3.05) is 20.1 Å². The molecule has 0 aliphatic rings. The van der Waals surface area contributed by atoms with Crippen LogP contribution in [0.15, 0.2) is 24.5 Å². The van der Waals surface area contributed by atoms with Crippen molar-refractivity contribution in [1.82, 2.24) is 15.2 Å². The van der Waals surface area contributed by atoms with Gasteiger partial charge in [-0.05, 0) is 26.0 Å². The van der Waals surface area contributed by atoms with Gasteiger partial charge in [-0.15, -0.1) is 11.3 Å². The molecule has 6 heteroatoms.